The molecule has 1 unspecified atom stereocenters. The fraction of sp³-hybridized carbons (Fsp3) is 0.648. The molecule has 0 spiro atoms. The van der Waals surface area contributed by atoms with Gasteiger partial charge in [-0.1, -0.05) is 251 Å². The topological polar surface area (TPSA) is 78.9 Å². The molecule has 0 aromatic heterocycles. The van der Waals surface area contributed by atoms with Crippen LogP contribution in [0.1, 0.15) is 278 Å². The van der Waals surface area contributed by atoms with E-state index >= 15 is 0 Å². The molecule has 436 valence electrons. The molecule has 77 heavy (non-hydrogen) atoms. The molecule has 0 aliphatic rings. The smallest absolute Gasteiger partial charge is 0.306 e. The van der Waals surface area contributed by atoms with Gasteiger partial charge in [0.25, 0.3) is 0 Å². The minimum Gasteiger partial charge on any atom is -0.462 e. The molecule has 0 bridgehead atoms. The predicted molar refractivity (Wildman–Crippen MR) is 334 cm³/mol. The summed E-state index contributed by atoms with van der Waals surface area (Å²) >= 11 is 0. The molecule has 1 atom stereocenters. The lowest BCUT2D eigenvalue weighted by Crippen LogP contribution is -2.30. The summed E-state index contributed by atoms with van der Waals surface area (Å²) in [5.41, 5.74) is 0. The molecule has 6 nitrogen and oxygen atoms in total. The van der Waals surface area contributed by atoms with Crippen molar-refractivity contribution in [2.24, 2.45) is 0 Å². The van der Waals surface area contributed by atoms with Gasteiger partial charge in [-0.15, -0.1) is 0 Å². The Bertz CT molecular complexity index is 1650. The van der Waals surface area contributed by atoms with Gasteiger partial charge in [0.2, 0.25) is 0 Å². The Balaban J connectivity index is 4.49. The quantitative estimate of drug-likeness (QED) is 0.0261. The molecule has 0 N–H and O–H groups in total. The van der Waals surface area contributed by atoms with Crippen LogP contribution in [0, 0.1) is 0 Å². The zero-order chi connectivity index (χ0) is 55.7. The van der Waals surface area contributed by atoms with E-state index < -0.39 is 6.10 Å². The minimum atomic E-state index is -0.809. The van der Waals surface area contributed by atoms with Crippen LogP contribution in [-0.4, -0.2) is 37.2 Å². The highest BCUT2D eigenvalue weighted by Crippen LogP contribution is 2.14. The molecule has 6 heteroatoms. The van der Waals surface area contributed by atoms with Gasteiger partial charge < -0.3 is 14.2 Å². The fourth-order valence-electron chi connectivity index (χ4n) is 8.36. The zero-order valence-corrected chi connectivity index (χ0v) is 49.9. The Morgan fingerprint density at radius 1 is 0.273 bits per heavy atom. The van der Waals surface area contributed by atoms with E-state index in [2.05, 4.69) is 154 Å². The van der Waals surface area contributed by atoms with Gasteiger partial charge in [0.1, 0.15) is 13.2 Å². The molecule has 0 saturated heterocycles. The monoisotopic (exact) mass is 1060 g/mol. The van der Waals surface area contributed by atoms with Crippen LogP contribution in [0.4, 0.5) is 0 Å². The van der Waals surface area contributed by atoms with Gasteiger partial charge in [-0.25, -0.2) is 0 Å². The molecule has 0 radical (unpaired) electrons. The van der Waals surface area contributed by atoms with Gasteiger partial charge >= 0.3 is 17.9 Å². The Morgan fingerprint density at radius 2 is 0.506 bits per heavy atom. The van der Waals surface area contributed by atoms with Gasteiger partial charge in [0.05, 0.1) is 0 Å². The van der Waals surface area contributed by atoms with E-state index in [1.54, 1.807) is 0 Å². The first-order valence-corrected chi connectivity index (χ1v) is 31.7. The molecular formula is C71H116O6. The number of carbonyl (C=O) groups excluding carboxylic acids is 3. The minimum absolute atomic E-state index is 0.103. The molecule has 0 aliphatic heterocycles. The van der Waals surface area contributed by atoms with Crippen molar-refractivity contribution in [2.45, 2.75) is 284 Å². The molecule has 0 rings (SSSR count). The second-order valence-corrected chi connectivity index (χ2v) is 20.6. The lowest BCUT2D eigenvalue weighted by molar-refractivity contribution is -0.167. The second-order valence-electron chi connectivity index (χ2n) is 20.6. The van der Waals surface area contributed by atoms with Gasteiger partial charge in [-0.05, 0) is 141 Å². The maximum Gasteiger partial charge on any atom is 0.306 e. The molecule has 0 saturated carbocycles. The third-order valence-electron chi connectivity index (χ3n) is 13.1. The highest BCUT2D eigenvalue weighted by Gasteiger charge is 2.19. The zero-order valence-electron chi connectivity index (χ0n) is 49.9. The number of hydrogen-bond acceptors (Lipinski definition) is 6. The summed E-state index contributed by atoms with van der Waals surface area (Å²) in [6.45, 7) is 6.45. The average Bonchev–Trinajstić information content (AvgIpc) is 3.43. The number of hydrogen-bond donors (Lipinski definition) is 0. The number of ether oxygens (including phenoxy) is 3. The van der Waals surface area contributed by atoms with Gasteiger partial charge in [-0.3, -0.25) is 14.4 Å². The van der Waals surface area contributed by atoms with Crippen molar-refractivity contribution < 1.29 is 28.6 Å². The van der Waals surface area contributed by atoms with Crippen LogP contribution >= 0.6 is 0 Å². The summed E-state index contributed by atoms with van der Waals surface area (Å²) in [5, 5.41) is 0. The van der Waals surface area contributed by atoms with E-state index in [-0.39, 0.29) is 31.1 Å². The normalized spacial score (nSPS) is 13.0. The second kappa shape index (κ2) is 64.1. The van der Waals surface area contributed by atoms with E-state index in [1.165, 1.54) is 89.9 Å². The standard InChI is InChI=1S/C71H116O6/c1-4-7-10-13-16-19-22-25-28-31-33-34-35-36-37-38-39-41-43-46-49-52-55-58-61-64-70(73)76-67-68(66-75-69(72)63-60-57-54-51-48-45-42-30-27-24-21-18-15-12-9-6-3)77-71(74)65-62-59-56-53-50-47-44-40-32-29-26-23-20-17-14-11-8-5-2/h7,10,16,19-21,23-25,28-30,32-34,36-37,39,41-42,46,49,68H,4-6,8-9,11-15,17-18,22,26-27,31,35,38,40,43-45,47-48,50-67H2,1-3H3/b10-7-,19-16-,23-20-,24-21-,28-25-,32-29-,34-33-,37-36-,41-39-,42-30-,49-46-. The van der Waals surface area contributed by atoms with Crippen LogP contribution in [0.5, 0.6) is 0 Å². The van der Waals surface area contributed by atoms with E-state index in [9.17, 15) is 14.4 Å². The molecular weight excluding hydrogens is 949 g/mol. The average molecular weight is 1070 g/mol. The van der Waals surface area contributed by atoms with Crippen LogP contribution in [-0.2, 0) is 28.6 Å². The Labute approximate surface area is 475 Å². The van der Waals surface area contributed by atoms with Crippen molar-refractivity contribution in [2.75, 3.05) is 13.2 Å². The van der Waals surface area contributed by atoms with E-state index in [0.29, 0.717) is 19.3 Å². The van der Waals surface area contributed by atoms with Crippen LogP contribution in [0.25, 0.3) is 0 Å². The first-order valence-electron chi connectivity index (χ1n) is 31.7. The van der Waals surface area contributed by atoms with Gasteiger partial charge in [0.15, 0.2) is 6.10 Å². The number of unbranched alkanes of at least 4 members (excludes halogenated alkanes) is 23. The highest BCUT2D eigenvalue weighted by molar-refractivity contribution is 5.71. The summed E-state index contributed by atoms with van der Waals surface area (Å²) in [6, 6.07) is 0. The summed E-state index contributed by atoms with van der Waals surface area (Å²) in [7, 11) is 0. The van der Waals surface area contributed by atoms with E-state index in [0.717, 1.165) is 148 Å². The number of carbonyl (C=O) groups is 3. The van der Waals surface area contributed by atoms with E-state index in [1.807, 2.05) is 0 Å². The summed E-state index contributed by atoms with van der Waals surface area (Å²) in [6.07, 6.45) is 90.1. The number of rotatable bonds is 56. The predicted octanol–water partition coefficient (Wildman–Crippen LogP) is 21.8. The summed E-state index contributed by atoms with van der Waals surface area (Å²) < 4.78 is 16.9. The van der Waals surface area contributed by atoms with Crippen molar-refractivity contribution in [1.29, 1.82) is 0 Å². The van der Waals surface area contributed by atoms with Crippen LogP contribution in [0.3, 0.4) is 0 Å². The maximum atomic E-state index is 12.9. The first kappa shape index (κ1) is 72.5. The number of esters is 3. The fourth-order valence-corrected chi connectivity index (χ4v) is 8.36. The SMILES string of the molecule is CC/C=C\C/C=C\C/C=C\C/C=C\C/C=C\C/C=C\C/C=C\CCCCCC(=O)OCC(COC(=O)CCCCCCC/C=C\C/C=C\CCCCCC)OC(=O)CCCCCCCCC/C=C\C/C=C\CCCCCC. The molecule has 0 heterocycles. The van der Waals surface area contributed by atoms with Crippen molar-refractivity contribution in [1.82, 2.24) is 0 Å². The molecule has 0 aliphatic carbocycles. The summed E-state index contributed by atoms with van der Waals surface area (Å²) in [4.78, 5) is 38.3. The van der Waals surface area contributed by atoms with E-state index in [4.69, 9.17) is 14.2 Å². The van der Waals surface area contributed by atoms with Crippen molar-refractivity contribution in [3.63, 3.8) is 0 Å². The Kier molecular flexibility index (Phi) is 60.4. The maximum absolute atomic E-state index is 12.9. The summed E-state index contributed by atoms with van der Waals surface area (Å²) in [5.74, 6) is -0.956. The van der Waals surface area contributed by atoms with Crippen molar-refractivity contribution in [3.8, 4) is 0 Å². The van der Waals surface area contributed by atoms with Crippen molar-refractivity contribution >= 4 is 17.9 Å². The van der Waals surface area contributed by atoms with Gasteiger partial charge in [0, 0.05) is 19.3 Å². The largest absolute Gasteiger partial charge is 0.462 e. The Morgan fingerprint density at radius 3 is 0.805 bits per heavy atom. The lowest BCUT2D eigenvalue weighted by atomic mass is 10.1. The van der Waals surface area contributed by atoms with Crippen molar-refractivity contribution in [3.05, 3.63) is 134 Å². The van der Waals surface area contributed by atoms with Gasteiger partial charge in [-0.2, -0.15) is 0 Å². The van der Waals surface area contributed by atoms with Crippen LogP contribution in [0.15, 0.2) is 134 Å². The number of allylic oxidation sites excluding steroid dienone is 22. The highest BCUT2D eigenvalue weighted by atomic mass is 16.6. The third kappa shape index (κ3) is 62.3. The lowest BCUT2D eigenvalue weighted by Gasteiger charge is -2.18. The van der Waals surface area contributed by atoms with Crippen LogP contribution in [0.2, 0.25) is 0 Å². The Hall–Kier alpha value is -4.45. The first-order chi connectivity index (χ1) is 38.0. The molecule has 0 fully saturated rings. The molecule has 0 aromatic rings. The van der Waals surface area contributed by atoms with Crippen LogP contribution < -0.4 is 0 Å². The third-order valence-corrected chi connectivity index (χ3v) is 13.1. The molecule has 0 aromatic carbocycles. The molecule has 0 amide bonds.